The third kappa shape index (κ3) is 20.7. The first-order valence-corrected chi connectivity index (χ1v) is 19.3. The lowest BCUT2D eigenvalue weighted by atomic mass is 9.99. The summed E-state index contributed by atoms with van der Waals surface area (Å²) in [6.45, 7) is 3.04. The highest BCUT2D eigenvalue weighted by atomic mass is 32.3. The average Bonchev–Trinajstić information content (AvgIpc) is 3.06. The van der Waals surface area contributed by atoms with Crippen LogP contribution < -0.4 is 5.32 Å². The van der Waals surface area contributed by atoms with Crippen molar-refractivity contribution in [1.82, 2.24) is 5.32 Å². The second kappa shape index (κ2) is 27.0. The van der Waals surface area contributed by atoms with Crippen molar-refractivity contribution in [2.24, 2.45) is 0 Å². The van der Waals surface area contributed by atoms with E-state index in [9.17, 15) is 38.7 Å². The lowest BCUT2D eigenvalue weighted by Crippen LogP contribution is -2.61. The van der Waals surface area contributed by atoms with Gasteiger partial charge in [-0.25, -0.2) is 4.18 Å². The van der Waals surface area contributed by atoms with Gasteiger partial charge in [-0.1, -0.05) is 95.2 Å². The molecule has 1 amide bonds. The Bertz CT molecular complexity index is 1050. The van der Waals surface area contributed by atoms with Crippen LogP contribution in [0.2, 0.25) is 0 Å². The lowest BCUT2D eigenvalue weighted by molar-refractivity contribution is -0.298. The number of carbonyl (C=O) groups excluding carboxylic acids is 1. The Morgan fingerprint density at radius 3 is 1.94 bits per heavy atom. The monoisotopic (exact) mass is 721 g/mol. The van der Waals surface area contributed by atoms with Gasteiger partial charge < -0.3 is 40.3 Å². The van der Waals surface area contributed by atoms with Crippen LogP contribution in [0.4, 0.5) is 0 Å². The van der Waals surface area contributed by atoms with Crippen LogP contribution >= 0.6 is 0 Å². The van der Waals surface area contributed by atoms with Gasteiger partial charge in [0.25, 0.3) is 0 Å². The number of aliphatic hydroxyl groups is 5. The van der Waals surface area contributed by atoms with Crippen LogP contribution in [-0.2, 0) is 28.9 Å². The Labute approximate surface area is 293 Å². The zero-order valence-corrected chi connectivity index (χ0v) is 30.2. The first kappa shape index (κ1) is 45.3. The van der Waals surface area contributed by atoms with Gasteiger partial charge in [0.15, 0.2) is 6.29 Å². The van der Waals surface area contributed by atoms with Crippen LogP contribution in [0.5, 0.6) is 0 Å². The minimum absolute atomic E-state index is 0.220. The number of carbonyl (C=O) groups is 1. The van der Waals surface area contributed by atoms with Crippen molar-refractivity contribution in [2.75, 3.05) is 13.2 Å². The minimum Gasteiger partial charge on any atom is -0.394 e. The number of ether oxygens (including phenoxy) is 2. The van der Waals surface area contributed by atoms with Crippen LogP contribution in [0.25, 0.3) is 0 Å². The maximum atomic E-state index is 12.9. The number of unbranched alkanes of at least 4 members (excludes halogenated alkanes) is 11. The predicted octanol–water partition coefficient (Wildman–Crippen LogP) is 3.79. The van der Waals surface area contributed by atoms with Gasteiger partial charge in [0.1, 0.15) is 30.5 Å². The Morgan fingerprint density at radius 1 is 0.816 bits per heavy atom. The van der Waals surface area contributed by atoms with Crippen molar-refractivity contribution >= 4 is 16.3 Å². The summed E-state index contributed by atoms with van der Waals surface area (Å²) < 4.78 is 47.1. The summed E-state index contributed by atoms with van der Waals surface area (Å²) in [6, 6.07) is -1.14. The molecule has 1 aliphatic heterocycles. The molecule has 0 bridgehead atoms. The summed E-state index contributed by atoms with van der Waals surface area (Å²) in [4.78, 5) is 12.9. The lowest BCUT2D eigenvalue weighted by Gasteiger charge is -2.41. The van der Waals surface area contributed by atoms with Crippen molar-refractivity contribution in [2.45, 2.75) is 166 Å². The number of hydrogen-bond acceptors (Lipinski definition) is 11. The molecule has 0 aliphatic carbocycles. The van der Waals surface area contributed by atoms with Crippen LogP contribution in [-0.4, -0.2) is 107 Å². The Morgan fingerprint density at radius 2 is 1.37 bits per heavy atom. The summed E-state index contributed by atoms with van der Waals surface area (Å²) in [5.41, 5.74) is 0. The molecule has 1 heterocycles. The quantitative estimate of drug-likeness (QED) is 0.0350. The Balaban J connectivity index is 2.78. The largest absolute Gasteiger partial charge is 0.397 e. The van der Waals surface area contributed by atoms with Gasteiger partial charge in [-0.05, 0) is 57.8 Å². The summed E-state index contributed by atoms with van der Waals surface area (Å²) in [5.74, 6) is -0.729. The molecular formula is C35H63NO12S. The number of nitrogens with one attached hydrogen (secondary N) is 1. The molecule has 286 valence electrons. The zero-order chi connectivity index (χ0) is 36.5. The van der Waals surface area contributed by atoms with Gasteiger partial charge in [0.05, 0.1) is 25.4 Å². The topological polar surface area (TPSA) is 212 Å². The molecule has 8 atom stereocenters. The molecule has 1 rings (SSSR count). The smallest absolute Gasteiger partial charge is 0.394 e. The summed E-state index contributed by atoms with van der Waals surface area (Å²) in [7, 11) is -5.11. The first-order chi connectivity index (χ1) is 23.4. The highest BCUT2D eigenvalue weighted by Crippen LogP contribution is 2.26. The molecule has 1 aliphatic rings. The molecule has 49 heavy (non-hydrogen) atoms. The number of hydrogen-bond donors (Lipinski definition) is 7. The molecule has 1 fully saturated rings. The van der Waals surface area contributed by atoms with E-state index >= 15 is 0 Å². The van der Waals surface area contributed by atoms with Crippen LogP contribution in [0.3, 0.4) is 0 Å². The summed E-state index contributed by atoms with van der Waals surface area (Å²) in [5, 5.41) is 54.6. The third-order valence-electron chi connectivity index (χ3n) is 8.25. The number of aliphatic hydroxyl groups excluding tert-OH is 5. The van der Waals surface area contributed by atoms with Gasteiger partial charge in [-0.2, -0.15) is 8.42 Å². The average molecular weight is 722 g/mol. The molecule has 0 spiro atoms. The molecular weight excluding hydrogens is 658 g/mol. The Kier molecular flexibility index (Phi) is 25.0. The predicted molar refractivity (Wildman–Crippen MR) is 187 cm³/mol. The van der Waals surface area contributed by atoms with Crippen molar-refractivity contribution in [3.05, 3.63) is 36.5 Å². The van der Waals surface area contributed by atoms with Gasteiger partial charge in [-0.15, -0.1) is 0 Å². The summed E-state index contributed by atoms with van der Waals surface area (Å²) in [6.07, 6.45) is 15.6. The number of rotatable bonds is 28. The van der Waals surface area contributed by atoms with E-state index in [1.54, 1.807) is 6.08 Å². The van der Waals surface area contributed by atoms with Gasteiger partial charge in [0.2, 0.25) is 5.91 Å². The van der Waals surface area contributed by atoms with Crippen molar-refractivity contribution in [3.63, 3.8) is 0 Å². The molecule has 13 nitrogen and oxygen atoms in total. The van der Waals surface area contributed by atoms with Crippen molar-refractivity contribution in [1.29, 1.82) is 0 Å². The fraction of sp³-hybridized carbons (Fsp3) is 0.800. The first-order valence-electron chi connectivity index (χ1n) is 18.0. The van der Waals surface area contributed by atoms with Crippen LogP contribution in [0.1, 0.15) is 117 Å². The van der Waals surface area contributed by atoms with Crippen molar-refractivity contribution in [3.8, 4) is 0 Å². The maximum absolute atomic E-state index is 12.9. The molecule has 7 N–H and O–H groups in total. The van der Waals surface area contributed by atoms with E-state index in [2.05, 4.69) is 47.7 Å². The van der Waals surface area contributed by atoms with Gasteiger partial charge >= 0.3 is 10.4 Å². The third-order valence-corrected chi connectivity index (χ3v) is 8.72. The van der Waals surface area contributed by atoms with E-state index < -0.39 is 78.5 Å². The highest BCUT2D eigenvalue weighted by Gasteiger charge is 2.48. The maximum Gasteiger partial charge on any atom is 0.397 e. The van der Waals surface area contributed by atoms with Crippen molar-refractivity contribution < 1.29 is 57.0 Å². The molecule has 14 heteroatoms. The summed E-state index contributed by atoms with van der Waals surface area (Å²) >= 11 is 0. The molecule has 0 radical (unpaired) electrons. The van der Waals surface area contributed by atoms with Crippen LogP contribution in [0.15, 0.2) is 36.5 Å². The van der Waals surface area contributed by atoms with E-state index in [0.29, 0.717) is 12.8 Å². The van der Waals surface area contributed by atoms with Crippen LogP contribution in [0, 0.1) is 0 Å². The van der Waals surface area contributed by atoms with E-state index in [0.717, 1.165) is 57.8 Å². The zero-order valence-electron chi connectivity index (χ0n) is 29.4. The minimum atomic E-state index is -5.11. The second-order valence-corrected chi connectivity index (χ2v) is 13.6. The highest BCUT2D eigenvalue weighted by molar-refractivity contribution is 7.80. The number of allylic oxidation sites excluding steroid dienone is 5. The molecule has 0 aromatic heterocycles. The fourth-order valence-electron chi connectivity index (χ4n) is 5.29. The normalized spacial score (nSPS) is 23.8. The Hall–Kier alpha value is -1.72. The van der Waals surface area contributed by atoms with E-state index in [-0.39, 0.29) is 6.42 Å². The van der Waals surface area contributed by atoms with E-state index in [4.69, 9.17) is 14.0 Å². The molecule has 1 saturated heterocycles. The SMILES string of the molecule is CCCCC/C=C\CCCCCCC(O)C(=O)NC(COC1OC(CO)C(O)C(OS(=O)(=O)O)C1O)C(O)/C=C/CC/C=C/CCCCC. The van der Waals surface area contributed by atoms with E-state index in [1.165, 1.54) is 31.8 Å². The van der Waals surface area contributed by atoms with Gasteiger partial charge in [-0.3, -0.25) is 9.35 Å². The molecule has 0 aromatic carbocycles. The van der Waals surface area contributed by atoms with Gasteiger partial charge in [0, 0.05) is 0 Å². The standard InChI is InChI=1S/C35H63NO12S/c1-3-5-7-9-11-13-14-16-18-20-22-24-29(39)34(42)36-27(28(38)23-21-19-17-15-12-10-8-6-4-2)26-46-35-32(41)33(48-49(43,44)45)31(40)30(25-37)47-35/h11-13,15,21,23,27-33,35,37-41H,3-10,14,16-20,22,24-26H2,1-2H3,(H,36,42)(H,43,44,45)/b13-11-,15-12+,23-21+. The molecule has 8 unspecified atom stereocenters. The second-order valence-electron chi connectivity index (χ2n) is 12.6. The number of amides is 1. The fourth-order valence-corrected chi connectivity index (χ4v) is 5.80. The molecule has 0 saturated carbocycles. The molecule has 0 aromatic rings. The van der Waals surface area contributed by atoms with E-state index in [1.807, 2.05) is 0 Å².